The Balaban J connectivity index is 2.07. The number of aliphatic imine (C=N–C) groups is 1. The summed E-state index contributed by atoms with van der Waals surface area (Å²) < 4.78 is 53.4. The van der Waals surface area contributed by atoms with E-state index in [1.807, 2.05) is 0 Å². The van der Waals surface area contributed by atoms with Crippen molar-refractivity contribution in [3.8, 4) is 0 Å². The number of imidazole rings is 1. The molecule has 3 aromatic rings. The van der Waals surface area contributed by atoms with Gasteiger partial charge in [0.2, 0.25) is 5.84 Å². The first-order valence-corrected chi connectivity index (χ1v) is 7.72. The Morgan fingerprint density at radius 3 is 2.64 bits per heavy atom. The van der Waals surface area contributed by atoms with Gasteiger partial charge in [-0.1, -0.05) is 17.0 Å². The predicted octanol–water partition coefficient (Wildman–Crippen LogP) is 0.292. The minimum Gasteiger partial charge on any atom is -0.380 e. The lowest BCUT2D eigenvalue weighted by molar-refractivity contribution is -0.0597. The third-order valence-corrected chi connectivity index (χ3v) is 3.81. The molecule has 0 unspecified atom stereocenters. The SMILES string of the molecule is [B]c1cc([B])c(Cc2nc(C(=N)N=C(N)C(F)(F)F)cn3ccnc23)c(F)c1. The molecule has 3 rings (SSSR count). The molecular weight excluding hydrogens is 374 g/mol. The van der Waals surface area contributed by atoms with Crippen molar-refractivity contribution in [2.45, 2.75) is 12.6 Å². The molecule has 0 spiro atoms. The van der Waals surface area contributed by atoms with Crippen LogP contribution in [0, 0.1) is 11.2 Å². The van der Waals surface area contributed by atoms with Crippen LogP contribution in [0.15, 0.2) is 35.7 Å². The summed E-state index contributed by atoms with van der Waals surface area (Å²) >= 11 is 0. The molecule has 0 fully saturated rings. The van der Waals surface area contributed by atoms with Crippen LogP contribution >= 0.6 is 0 Å². The predicted molar refractivity (Wildman–Crippen MR) is 97.5 cm³/mol. The van der Waals surface area contributed by atoms with Gasteiger partial charge in [0, 0.05) is 25.0 Å². The van der Waals surface area contributed by atoms with Gasteiger partial charge in [0.1, 0.15) is 27.2 Å². The van der Waals surface area contributed by atoms with Gasteiger partial charge in [-0.15, -0.1) is 0 Å². The van der Waals surface area contributed by atoms with Crippen molar-refractivity contribution in [3.63, 3.8) is 0 Å². The fourth-order valence-corrected chi connectivity index (χ4v) is 2.50. The number of fused-ring (bicyclic) bond motifs is 1. The number of nitrogens with two attached hydrogens (primary N) is 1. The van der Waals surface area contributed by atoms with Crippen molar-refractivity contribution in [3.05, 3.63) is 53.5 Å². The molecule has 1 aromatic carbocycles. The van der Waals surface area contributed by atoms with E-state index in [1.165, 1.54) is 29.1 Å². The molecule has 12 heteroatoms. The molecule has 3 N–H and O–H groups in total. The highest BCUT2D eigenvalue weighted by atomic mass is 19.4. The second kappa shape index (κ2) is 7.10. The van der Waals surface area contributed by atoms with E-state index in [4.69, 9.17) is 26.8 Å². The van der Waals surface area contributed by atoms with Gasteiger partial charge in [-0.25, -0.2) is 19.4 Å². The molecule has 0 amide bonds. The maximum absolute atomic E-state index is 14.3. The van der Waals surface area contributed by atoms with Gasteiger partial charge in [-0.05, 0) is 11.6 Å². The molecule has 0 aliphatic heterocycles. The molecule has 2 aromatic heterocycles. The second-order valence-corrected chi connectivity index (χ2v) is 5.82. The lowest BCUT2D eigenvalue weighted by atomic mass is 9.82. The third kappa shape index (κ3) is 3.90. The Bertz CT molecular complexity index is 1080. The fourth-order valence-electron chi connectivity index (χ4n) is 2.50. The second-order valence-electron chi connectivity index (χ2n) is 5.82. The molecule has 0 saturated carbocycles. The van der Waals surface area contributed by atoms with Crippen molar-refractivity contribution in [2.24, 2.45) is 10.7 Å². The summed E-state index contributed by atoms with van der Waals surface area (Å²) in [5.41, 5.74) is 5.47. The monoisotopic (exact) mass is 384 g/mol. The summed E-state index contributed by atoms with van der Waals surface area (Å²) in [6.07, 6.45) is -0.821. The maximum Gasteiger partial charge on any atom is 0.449 e. The zero-order valence-electron chi connectivity index (χ0n) is 14.1. The fraction of sp³-hybridized carbons (Fsp3) is 0.125. The first-order chi connectivity index (χ1) is 13.1. The molecule has 2 heterocycles. The van der Waals surface area contributed by atoms with Gasteiger partial charge in [0.15, 0.2) is 11.5 Å². The summed E-state index contributed by atoms with van der Waals surface area (Å²) in [7, 11) is 11.4. The standard InChI is InChI=1S/C16H10B2F4N6/c17-7-3-9(18)8(10(19)4-7)5-11-14-25-1-2-28(14)6-12(26-11)13(23)27-15(24)16(20,21)22/h1-4,6H,5H2,(H3,23,24,27). The van der Waals surface area contributed by atoms with Crippen molar-refractivity contribution in [1.82, 2.24) is 14.4 Å². The number of nitrogens with zero attached hydrogens (tertiary/aromatic N) is 4. The molecule has 138 valence electrons. The van der Waals surface area contributed by atoms with Crippen molar-refractivity contribution >= 4 is 43.9 Å². The van der Waals surface area contributed by atoms with E-state index in [2.05, 4.69) is 15.0 Å². The highest BCUT2D eigenvalue weighted by Gasteiger charge is 2.34. The van der Waals surface area contributed by atoms with Crippen molar-refractivity contribution in [1.29, 1.82) is 5.41 Å². The van der Waals surface area contributed by atoms with Gasteiger partial charge in [0.05, 0.1) is 5.69 Å². The summed E-state index contributed by atoms with van der Waals surface area (Å²) in [4.78, 5) is 11.3. The first kappa shape index (κ1) is 19.6. The Labute approximate surface area is 158 Å². The van der Waals surface area contributed by atoms with E-state index in [9.17, 15) is 17.6 Å². The van der Waals surface area contributed by atoms with Crippen LogP contribution in [-0.2, 0) is 6.42 Å². The number of rotatable bonds is 3. The van der Waals surface area contributed by atoms with Crippen molar-refractivity contribution < 1.29 is 17.6 Å². The van der Waals surface area contributed by atoms with Gasteiger partial charge in [0.25, 0.3) is 0 Å². The zero-order chi connectivity index (χ0) is 20.6. The Morgan fingerprint density at radius 2 is 2.00 bits per heavy atom. The normalized spacial score (nSPS) is 12.5. The smallest absolute Gasteiger partial charge is 0.380 e. The highest BCUT2D eigenvalue weighted by Crippen LogP contribution is 2.17. The number of alkyl halides is 3. The topological polar surface area (TPSA) is 92.4 Å². The Kier molecular flexibility index (Phi) is 4.97. The number of nitrogens with one attached hydrogen (secondary N) is 1. The minimum absolute atomic E-state index is 0.0869. The Morgan fingerprint density at radius 1 is 1.29 bits per heavy atom. The molecule has 0 bridgehead atoms. The lowest BCUT2D eigenvalue weighted by Crippen LogP contribution is -2.32. The van der Waals surface area contributed by atoms with Crippen LogP contribution in [0.4, 0.5) is 17.6 Å². The summed E-state index contributed by atoms with van der Waals surface area (Å²) in [5.74, 6) is -3.15. The molecule has 0 atom stereocenters. The number of aromatic nitrogens is 3. The average Bonchev–Trinajstić information content (AvgIpc) is 3.05. The van der Waals surface area contributed by atoms with E-state index in [0.717, 1.165) is 6.07 Å². The van der Waals surface area contributed by atoms with E-state index < -0.39 is 23.7 Å². The molecule has 28 heavy (non-hydrogen) atoms. The molecule has 4 radical (unpaired) electrons. The first-order valence-electron chi connectivity index (χ1n) is 7.72. The largest absolute Gasteiger partial charge is 0.449 e. The average molecular weight is 384 g/mol. The quantitative estimate of drug-likeness (QED) is 0.295. The lowest BCUT2D eigenvalue weighted by Gasteiger charge is -2.11. The number of amidine groups is 2. The maximum atomic E-state index is 14.3. The zero-order valence-corrected chi connectivity index (χ0v) is 14.1. The van der Waals surface area contributed by atoms with Crippen LogP contribution in [0.25, 0.3) is 5.65 Å². The van der Waals surface area contributed by atoms with Crippen molar-refractivity contribution in [2.75, 3.05) is 0 Å². The number of halogens is 4. The molecule has 0 aliphatic rings. The number of benzene rings is 1. The van der Waals surface area contributed by atoms with Crippen LogP contribution in [0.3, 0.4) is 0 Å². The molecule has 0 saturated heterocycles. The number of hydrogen-bond donors (Lipinski definition) is 2. The summed E-state index contributed by atoms with van der Waals surface area (Å²) in [6.45, 7) is 0. The van der Waals surface area contributed by atoms with Crippen LogP contribution in [0.1, 0.15) is 17.0 Å². The molecule has 6 nitrogen and oxygen atoms in total. The number of hydrogen-bond acceptors (Lipinski definition) is 3. The third-order valence-electron chi connectivity index (χ3n) is 3.81. The molecule has 0 aliphatic carbocycles. The van der Waals surface area contributed by atoms with E-state index >= 15 is 0 Å². The van der Waals surface area contributed by atoms with Crippen LogP contribution < -0.4 is 16.7 Å². The van der Waals surface area contributed by atoms with E-state index in [-0.39, 0.29) is 34.3 Å². The van der Waals surface area contributed by atoms with E-state index in [1.54, 1.807) is 0 Å². The van der Waals surface area contributed by atoms with Crippen LogP contribution in [0.2, 0.25) is 0 Å². The van der Waals surface area contributed by atoms with Gasteiger partial charge >= 0.3 is 6.18 Å². The van der Waals surface area contributed by atoms with Gasteiger partial charge < -0.3 is 10.1 Å². The van der Waals surface area contributed by atoms with Crippen LogP contribution in [-0.4, -0.2) is 47.9 Å². The summed E-state index contributed by atoms with van der Waals surface area (Å²) in [6, 6.07) is 2.47. The summed E-state index contributed by atoms with van der Waals surface area (Å²) in [5, 5.41) is 7.78. The van der Waals surface area contributed by atoms with E-state index in [0.29, 0.717) is 5.65 Å². The van der Waals surface area contributed by atoms with Gasteiger partial charge in [-0.2, -0.15) is 13.2 Å². The molecular formula is C16H10B2F4N6. The highest BCUT2D eigenvalue weighted by molar-refractivity contribution is 6.38. The van der Waals surface area contributed by atoms with Crippen LogP contribution in [0.5, 0.6) is 0 Å². The van der Waals surface area contributed by atoms with Gasteiger partial charge in [-0.3, -0.25) is 5.41 Å². The minimum atomic E-state index is -4.88. The Hall–Kier alpha value is -3.17.